The maximum Gasteiger partial charge on any atom is 0.410 e. The summed E-state index contributed by atoms with van der Waals surface area (Å²) < 4.78 is 5.51. The molecule has 3 rings (SSSR count). The van der Waals surface area contributed by atoms with Crippen LogP contribution in [0.3, 0.4) is 0 Å². The quantitative estimate of drug-likeness (QED) is 0.859. The third-order valence-corrected chi connectivity index (χ3v) is 4.79. The number of carbonyl (C=O) groups excluding carboxylic acids is 2. The molecule has 0 unspecified atom stereocenters. The summed E-state index contributed by atoms with van der Waals surface area (Å²) in [5.74, 6) is -0.0339. The first-order valence-corrected chi connectivity index (χ1v) is 8.09. The van der Waals surface area contributed by atoms with Gasteiger partial charge < -0.3 is 9.64 Å². The molecule has 24 heavy (non-hydrogen) atoms. The second-order valence-corrected chi connectivity index (χ2v) is 6.20. The summed E-state index contributed by atoms with van der Waals surface area (Å²) in [6.45, 7) is 3.43. The fraction of sp³-hybridized carbons (Fsp3) is 0.300. The monoisotopic (exact) mass is 323 g/mol. The number of benzene rings is 2. The lowest BCUT2D eigenvalue weighted by molar-refractivity contribution is -0.120. The Balaban J connectivity index is 1.79. The van der Waals surface area contributed by atoms with E-state index in [2.05, 4.69) is 24.3 Å². The van der Waals surface area contributed by atoms with E-state index in [0.29, 0.717) is 0 Å². The topological polar surface area (TPSA) is 46.6 Å². The van der Waals surface area contributed by atoms with Crippen LogP contribution in [0.15, 0.2) is 48.5 Å². The van der Waals surface area contributed by atoms with E-state index in [1.807, 2.05) is 24.3 Å². The zero-order valence-corrected chi connectivity index (χ0v) is 14.2. The van der Waals surface area contributed by atoms with Crippen LogP contribution in [0.4, 0.5) is 4.79 Å². The third kappa shape index (κ3) is 2.80. The van der Waals surface area contributed by atoms with Crippen molar-refractivity contribution in [3.8, 4) is 11.1 Å². The zero-order chi connectivity index (χ0) is 17.3. The molecule has 1 amide bonds. The molecule has 2 aromatic carbocycles. The fourth-order valence-corrected chi connectivity index (χ4v) is 3.13. The minimum atomic E-state index is -0.486. The van der Waals surface area contributed by atoms with Crippen molar-refractivity contribution < 1.29 is 14.3 Å². The molecule has 1 aliphatic carbocycles. The minimum absolute atomic E-state index is 0.0300. The zero-order valence-electron chi connectivity index (χ0n) is 14.2. The van der Waals surface area contributed by atoms with E-state index in [1.54, 1.807) is 14.0 Å². The van der Waals surface area contributed by atoms with Crippen molar-refractivity contribution in [2.45, 2.75) is 25.8 Å². The molecule has 4 heteroatoms. The SMILES string of the molecule is CC(=O)[C@@H](C)N(C)C(=O)OCC1c2ccccc2-c2ccccc21. The molecule has 0 saturated carbocycles. The highest BCUT2D eigenvalue weighted by Crippen LogP contribution is 2.44. The Labute approximate surface area is 142 Å². The van der Waals surface area contributed by atoms with E-state index in [9.17, 15) is 9.59 Å². The van der Waals surface area contributed by atoms with Gasteiger partial charge in [0.05, 0.1) is 6.04 Å². The number of hydrogen-bond donors (Lipinski definition) is 0. The normalized spacial score (nSPS) is 13.8. The van der Waals surface area contributed by atoms with Crippen LogP contribution in [-0.4, -0.2) is 36.5 Å². The van der Waals surface area contributed by atoms with Gasteiger partial charge in [0, 0.05) is 13.0 Å². The number of rotatable bonds is 4. The molecule has 2 aromatic rings. The highest BCUT2D eigenvalue weighted by atomic mass is 16.6. The largest absolute Gasteiger partial charge is 0.448 e. The van der Waals surface area contributed by atoms with Gasteiger partial charge in [-0.25, -0.2) is 4.79 Å². The Bertz CT molecular complexity index is 738. The van der Waals surface area contributed by atoms with Gasteiger partial charge >= 0.3 is 6.09 Å². The molecule has 0 N–H and O–H groups in total. The summed E-state index contributed by atoms with van der Waals surface area (Å²) in [5.41, 5.74) is 4.74. The van der Waals surface area contributed by atoms with Gasteiger partial charge in [-0.05, 0) is 36.1 Å². The van der Waals surface area contributed by atoms with Crippen LogP contribution in [0, 0.1) is 0 Å². The standard InChI is InChI=1S/C20H21NO3/c1-13(14(2)22)21(3)20(23)24-12-19-17-10-6-4-8-15(17)16-9-5-7-11-18(16)19/h4-11,13,19H,12H2,1-3H3/t13-/m1/s1. The van der Waals surface area contributed by atoms with E-state index in [1.165, 1.54) is 34.1 Å². The molecule has 1 atom stereocenters. The van der Waals surface area contributed by atoms with E-state index in [4.69, 9.17) is 4.74 Å². The lowest BCUT2D eigenvalue weighted by Crippen LogP contribution is -2.40. The van der Waals surface area contributed by atoms with Crippen molar-refractivity contribution in [1.82, 2.24) is 4.90 Å². The summed E-state index contributed by atoms with van der Waals surface area (Å²) in [5, 5.41) is 0. The van der Waals surface area contributed by atoms with Crippen LogP contribution in [-0.2, 0) is 9.53 Å². The van der Waals surface area contributed by atoms with Gasteiger partial charge in [0.2, 0.25) is 0 Å². The van der Waals surface area contributed by atoms with Gasteiger partial charge in [-0.15, -0.1) is 0 Å². The minimum Gasteiger partial charge on any atom is -0.448 e. The summed E-state index contributed by atoms with van der Waals surface area (Å²) in [6, 6.07) is 15.9. The van der Waals surface area contributed by atoms with Crippen LogP contribution in [0.2, 0.25) is 0 Å². The fourth-order valence-electron chi connectivity index (χ4n) is 3.13. The smallest absolute Gasteiger partial charge is 0.410 e. The molecule has 0 aromatic heterocycles. The van der Waals surface area contributed by atoms with Gasteiger partial charge in [0.1, 0.15) is 6.61 Å². The number of ether oxygens (including phenoxy) is 1. The average molecular weight is 323 g/mol. The Morgan fingerprint density at radius 3 is 2.04 bits per heavy atom. The summed E-state index contributed by atoms with van der Waals surface area (Å²) in [4.78, 5) is 25.0. The lowest BCUT2D eigenvalue weighted by Gasteiger charge is -2.23. The first kappa shape index (κ1) is 16.2. The lowest BCUT2D eigenvalue weighted by atomic mass is 9.98. The molecule has 124 valence electrons. The molecule has 1 aliphatic rings. The van der Waals surface area contributed by atoms with Gasteiger partial charge in [0.15, 0.2) is 5.78 Å². The number of likely N-dealkylation sites (N-methyl/N-ethyl adjacent to an activating group) is 1. The summed E-state index contributed by atoms with van der Waals surface area (Å²) >= 11 is 0. The maximum atomic E-state index is 12.2. The van der Waals surface area contributed by atoms with Crippen LogP contribution >= 0.6 is 0 Å². The molecule has 0 radical (unpaired) electrons. The van der Waals surface area contributed by atoms with Crippen molar-refractivity contribution in [2.75, 3.05) is 13.7 Å². The molecule has 0 saturated heterocycles. The first-order valence-electron chi connectivity index (χ1n) is 8.09. The van der Waals surface area contributed by atoms with Crippen LogP contribution in [0.1, 0.15) is 30.9 Å². The summed E-state index contributed by atoms with van der Waals surface area (Å²) in [7, 11) is 1.59. The second kappa shape index (κ2) is 6.48. The number of carbonyl (C=O) groups is 2. The molecule has 4 nitrogen and oxygen atoms in total. The number of fused-ring (bicyclic) bond motifs is 3. The Morgan fingerprint density at radius 1 is 1.04 bits per heavy atom. The number of hydrogen-bond acceptors (Lipinski definition) is 3. The van der Waals surface area contributed by atoms with Crippen LogP contribution < -0.4 is 0 Å². The molecule has 0 bridgehead atoms. The van der Waals surface area contributed by atoms with Crippen molar-refractivity contribution in [1.29, 1.82) is 0 Å². The highest BCUT2D eigenvalue weighted by molar-refractivity contribution is 5.85. The van der Waals surface area contributed by atoms with E-state index in [-0.39, 0.29) is 18.3 Å². The van der Waals surface area contributed by atoms with Gasteiger partial charge in [-0.3, -0.25) is 4.79 Å². The van der Waals surface area contributed by atoms with Crippen LogP contribution in [0.25, 0.3) is 11.1 Å². The molecular formula is C20H21NO3. The first-order chi connectivity index (χ1) is 11.5. The summed E-state index contributed by atoms with van der Waals surface area (Å²) in [6.07, 6.45) is -0.473. The second-order valence-electron chi connectivity index (χ2n) is 6.20. The number of nitrogens with zero attached hydrogens (tertiary/aromatic N) is 1. The van der Waals surface area contributed by atoms with Crippen LogP contribution in [0.5, 0.6) is 0 Å². The number of ketones is 1. The predicted octanol–water partition coefficient (Wildman–Crippen LogP) is 3.84. The van der Waals surface area contributed by atoms with E-state index >= 15 is 0 Å². The highest BCUT2D eigenvalue weighted by Gasteiger charge is 2.30. The van der Waals surface area contributed by atoms with Gasteiger partial charge in [-0.1, -0.05) is 48.5 Å². The Morgan fingerprint density at radius 2 is 1.54 bits per heavy atom. The number of Topliss-reactive ketones (excluding diaryl/α,β-unsaturated/α-hetero) is 1. The average Bonchev–Trinajstić information content (AvgIpc) is 2.92. The van der Waals surface area contributed by atoms with Gasteiger partial charge in [-0.2, -0.15) is 0 Å². The molecule has 0 heterocycles. The van der Waals surface area contributed by atoms with Gasteiger partial charge in [0.25, 0.3) is 0 Å². The predicted molar refractivity (Wildman–Crippen MR) is 93.0 cm³/mol. The maximum absolute atomic E-state index is 12.2. The Hall–Kier alpha value is -2.62. The Kier molecular flexibility index (Phi) is 4.38. The van der Waals surface area contributed by atoms with E-state index < -0.39 is 12.1 Å². The molecular weight excluding hydrogens is 302 g/mol. The third-order valence-electron chi connectivity index (χ3n) is 4.79. The van der Waals surface area contributed by atoms with Crippen molar-refractivity contribution in [2.24, 2.45) is 0 Å². The molecule has 0 fully saturated rings. The molecule has 0 aliphatic heterocycles. The van der Waals surface area contributed by atoms with E-state index in [0.717, 1.165) is 0 Å². The van der Waals surface area contributed by atoms with Crippen molar-refractivity contribution >= 4 is 11.9 Å². The van der Waals surface area contributed by atoms with Crippen molar-refractivity contribution in [3.05, 3.63) is 59.7 Å². The number of amides is 1. The van der Waals surface area contributed by atoms with Crippen molar-refractivity contribution in [3.63, 3.8) is 0 Å². The molecule has 0 spiro atoms.